The number of thioether (sulfide) groups is 1. The normalized spacial score (nSPS) is 21.2. The Morgan fingerprint density at radius 2 is 2.00 bits per heavy atom. The Labute approximate surface area is 134 Å². The molecule has 1 fully saturated rings. The molecule has 1 aromatic heterocycles. The van der Waals surface area contributed by atoms with E-state index in [2.05, 4.69) is 43.1 Å². The van der Waals surface area contributed by atoms with Gasteiger partial charge in [0.05, 0.1) is 17.8 Å². The Morgan fingerprint density at radius 1 is 1.24 bits per heavy atom. The van der Waals surface area contributed by atoms with Gasteiger partial charge in [0.25, 0.3) is 0 Å². The van der Waals surface area contributed by atoms with Gasteiger partial charge in [0.15, 0.2) is 0 Å². The molecular formula is C17H21NOS2. The van der Waals surface area contributed by atoms with E-state index in [4.69, 9.17) is 9.72 Å². The molecule has 1 unspecified atom stereocenters. The lowest BCUT2D eigenvalue weighted by molar-refractivity contribution is 0.415. The number of benzene rings is 1. The maximum Gasteiger partial charge on any atom is 0.118 e. The molecule has 0 N–H and O–H groups in total. The molecule has 21 heavy (non-hydrogen) atoms. The van der Waals surface area contributed by atoms with Crippen LogP contribution in [-0.4, -0.2) is 22.6 Å². The number of aromatic nitrogens is 1. The first kappa shape index (κ1) is 14.9. The van der Waals surface area contributed by atoms with E-state index in [1.54, 1.807) is 7.11 Å². The Kier molecular flexibility index (Phi) is 4.27. The third kappa shape index (κ3) is 3.43. The number of rotatable bonds is 3. The Hall–Kier alpha value is -1.00. The molecule has 0 aliphatic carbocycles. The number of methoxy groups -OCH3 is 1. The predicted octanol–water partition coefficient (Wildman–Crippen LogP) is 5.21. The highest BCUT2D eigenvalue weighted by molar-refractivity contribution is 8.00. The third-order valence-electron chi connectivity index (χ3n) is 3.95. The molecule has 1 atom stereocenters. The van der Waals surface area contributed by atoms with Crippen molar-refractivity contribution in [2.45, 2.75) is 37.4 Å². The maximum absolute atomic E-state index is 5.21. The average molecular weight is 319 g/mol. The Balaban J connectivity index is 1.79. The quantitative estimate of drug-likeness (QED) is 0.775. The molecule has 1 aromatic carbocycles. The molecule has 2 aromatic rings. The standard InChI is InChI=1S/C17H21NOS2/c1-17(2)10-13(8-9-21-17)16-18-15(11-20-16)12-4-6-14(19-3)7-5-12/h4-7,11,13H,8-10H2,1-3H3. The minimum Gasteiger partial charge on any atom is -0.497 e. The van der Waals surface area contributed by atoms with Gasteiger partial charge in [-0.3, -0.25) is 0 Å². The molecule has 1 aliphatic heterocycles. The van der Waals surface area contributed by atoms with Crippen LogP contribution in [0.1, 0.15) is 37.6 Å². The van der Waals surface area contributed by atoms with E-state index < -0.39 is 0 Å². The molecule has 0 saturated carbocycles. The van der Waals surface area contributed by atoms with Gasteiger partial charge in [-0.05, 0) is 42.9 Å². The summed E-state index contributed by atoms with van der Waals surface area (Å²) in [6.07, 6.45) is 2.48. The molecule has 0 radical (unpaired) electrons. The van der Waals surface area contributed by atoms with E-state index in [1.165, 1.54) is 29.2 Å². The van der Waals surface area contributed by atoms with Crippen LogP contribution in [0.25, 0.3) is 11.3 Å². The van der Waals surface area contributed by atoms with Crippen LogP contribution in [0.3, 0.4) is 0 Å². The summed E-state index contributed by atoms with van der Waals surface area (Å²) in [4.78, 5) is 4.89. The fourth-order valence-corrected chi connectivity index (χ4v) is 5.05. The van der Waals surface area contributed by atoms with Gasteiger partial charge in [0.1, 0.15) is 5.75 Å². The fourth-order valence-electron chi connectivity index (χ4n) is 2.81. The van der Waals surface area contributed by atoms with Crippen LogP contribution in [0.2, 0.25) is 0 Å². The van der Waals surface area contributed by atoms with E-state index in [0.29, 0.717) is 10.7 Å². The summed E-state index contributed by atoms with van der Waals surface area (Å²) in [6.45, 7) is 4.70. The monoisotopic (exact) mass is 319 g/mol. The van der Waals surface area contributed by atoms with E-state index in [1.807, 2.05) is 23.5 Å². The summed E-state index contributed by atoms with van der Waals surface area (Å²) in [5.74, 6) is 2.76. The van der Waals surface area contributed by atoms with E-state index >= 15 is 0 Å². The van der Waals surface area contributed by atoms with Crippen molar-refractivity contribution in [3.8, 4) is 17.0 Å². The molecule has 2 heterocycles. The minimum atomic E-state index is 0.384. The lowest BCUT2D eigenvalue weighted by Gasteiger charge is -2.33. The predicted molar refractivity (Wildman–Crippen MR) is 92.6 cm³/mol. The number of hydrogen-bond acceptors (Lipinski definition) is 4. The van der Waals surface area contributed by atoms with Gasteiger partial charge in [-0.25, -0.2) is 4.98 Å². The Bertz CT molecular complexity index is 604. The van der Waals surface area contributed by atoms with Crippen LogP contribution in [-0.2, 0) is 0 Å². The number of ether oxygens (including phenoxy) is 1. The Morgan fingerprint density at radius 3 is 2.67 bits per heavy atom. The van der Waals surface area contributed by atoms with Gasteiger partial charge in [-0.1, -0.05) is 13.8 Å². The lowest BCUT2D eigenvalue weighted by Crippen LogP contribution is -2.24. The number of thiazole rings is 1. The average Bonchev–Trinajstić information content (AvgIpc) is 2.96. The topological polar surface area (TPSA) is 22.1 Å². The van der Waals surface area contributed by atoms with Gasteiger partial charge in [-0.15, -0.1) is 11.3 Å². The van der Waals surface area contributed by atoms with Crippen molar-refractivity contribution in [1.82, 2.24) is 4.98 Å². The molecular weight excluding hydrogens is 298 g/mol. The largest absolute Gasteiger partial charge is 0.497 e. The molecule has 2 nitrogen and oxygen atoms in total. The highest BCUT2D eigenvalue weighted by Gasteiger charge is 2.31. The van der Waals surface area contributed by atoms with Crippen molar-refractivity contribution in [3.63, 3.8) is 0 Å². The number of hydrogen-bond donors (Lipinski definition) is 0. The summed E-state index contributed by atoms with van der Waals surface area (Å²) >= 11 is 3.90. The summed E-state index contributed by atoms with van der Waals surface area (Å²) in [7, 11) is 1.69. The fraction of sp³-hybridized carbons (Fsp3) is 0.471. The second-order valence-electron chi connectivity index (χ2n) is 6.10. The highest BCUT2D eigenvalue weighted by Crippen LogP contribution is 2.44. The van der Waals surface area contributed by atoms with Crippen molar-refractivity contribution < 1.29 is 4.74 Å². The van der Waals surface area contributed by atoms with Crippen molar-refractivity contribution in [1.29, 1.82) is 0 Å². The van der Waals surface area contributed by atoms with E-state index in [-0.39, 0.29) is 0 Å². The summed E-state index contributed by atoms with van der Waals surface area (Å²) in [5.41, 5.74) is 2.26. The zero-order chi connectivity index (χ0) is 14.9. The number of nitrogens with zero attached hydrogens (tertiary/aromatic N) is 1. The van der Waals surface area contributed by atoms with E-state index in [0.717, 1.165) is 11.4 Å². The zero-order valence-electron chi connectivity index (χ0n) is 12.8. The van der Waals surface area contributed by atoms with Crippen molar-refractivity contribution in [3.05, 3.63) is 34.7 Å². The molecule has 1 saturated heterocycles. The second kappa shape index (κ2) is 6.01. The highest BCUT2D eigenvalue weighted by atomic mass is 32.2. The molecule has 3 rings (SSSR count). The van der Waals surface area contributed by atoms with Crippen molar-refractivity contribution in [2.24, 2.45) is 0 Å². The smallest absolute Gasteiger partial charge is 0.118 e. The zero-order valence-corrected chi connectivity index (χ0v) is 14.4. The van der Waals surface area contributed by atoms with Crippen molar-refractivity contribution >= 4 is 23.1 Å². The molecule has 0 amide bonds. The first-order valence-electron chi connectivity index (χ1n) is 7.31. The second-order valence-corrected chi connectivity index (χ2v) is 8.79. The first-order chi connectivity index (χ1) is 10.1. The van der Waals surface area contributed by atoms with Gasteiger partial charge in [0.2, 0.25) is 0 Å². The van der Waals surface area contributed by atoms with Crippen molar-refractivity contribution in [2.75, 3.05) is 12.9 Å². The van der Waals surface area contributed by atoms with Crippen LogP contribution in [0, 0.1) is 0 Å². The maximum atomic E-state index is 5.21. The van der Waals surface area contributed by atoms with Crippen LogP contribution >= 0.6 is 23.1 Å². The molecule has 1 aliphatic rings. The van der Waals surface area contributed by atoms with Gasteiger partial charge < -0.3 is 4.74 Å². The summed E-state index contributed by atoms with van der Waals surface area (Å²) in [6, 6.07) is 8.15. The van der Waals surface area contributed by atoms with E-state index in [9.17, 15) is 0 Å². The SMILES string of the molecule is COc1ccc(-c2csc(C3CCSC(C)(C)C3)n2)cc1. The lowest BCUT2D eigenvalue weighted by atomic mass is 9.94. The molecule has 4 heteroatoms. The van der Waals surface area contributed by atoms with Gasteiger partial charge in [0, 0.05) is 21.6 Å². The molecule has 112 valence electrons. The first-order valence-corrected chi connectivity index (χ1v) is 9.18. The summed E-state index contributed by atoms with van der Waals surface area (Å²) < 4.78 is 5.59. The minimum absolute atomic E-state index is 0.384. The summed E-state index contributed by atoms with van der Waals surface area (Å²) in [5, 5.41) is 3.49. The third-order valence-corrected chi connectivity index (χ3v) is 6.35. The molecule has 0 bridgehead atoms. The van der Waals surface area contributed by atoms with Gasteiger partial charge >= 0.3 is 0 Å². The molecule has 0 spiro atoms. The van der Waals surface area contributed by atoms with Crippen LogP contribution in [0.4, 0.5) is 0 Å². The van der Waals surface area contributed by atoms with Crippen LogP contribution in [0.15, 0.2) is 29.6 Å². The van der Waals surface area contributed by atoms with Crippen LogP contribution in [0.5, 0.6) is 5.75 Å². The van der Waals surface area contributed by atoms with Crippen LogP contribution < -0.4 is 4.74 Å². The van der Waals surface area contributed by atoms with Gasteiger partial charge in [-0.2, -0.15) is 11.8 Å².